The molecule has 1 fully saturated rings. The lowest BCUT2D eigenvalue weighted by molar-refractivity contribution is -0.0717. The van der Waals surface area contributed by atoms with E-state index in [1.165, 1.54) is 0 Å². The van der Waals surface area contributed by atoms with Gasteiger partial charge in [0.15, 0.2) is 0 Å². The summed E-state index contributed by atoms with van der Waals surface area (Å²) < 4.78 is 5.70. The summed E-state index contributed by atoms with van der Waals surface area (Å²) in [4.78, 5) is 2.32. The molecule has 1 heterocycles. The topological polar surface area (TPSA) is 48.3 Å². The molecule has 0 aromatic rings. The van der Waals surface area contributed by atoms with Crippen LogP contribution < -0.4 is 5.32 Å². The average Bonchev–Trinajstić information content (AvgIpc) is 2.14. The second-order valence-corrected chi connectivity index (χ2v) is 5.69. The zero-order valence-electron chi connectivity index (χ0n) is 11.7. The van der Waals surface area contributed by atoms with Crippen LogP contribution in [0, 0.1) is 11.3 Å². The smallest absolute Gasteiger partial charge is 0.116 e. The number of nitrogens with zero attached hydrogens (tertiary/aromatic N) is 2. The molecule has 0 aromatic heterocycles. The third-order valence-electron chi connectivity index (χ3n) is 2.89. The first kappa shape index (κ1) is 14.4. The van der Waals surface area contributed by atoms with Crippen LogP contribution in [0.25, 0.3) is 0 Å². The third kappa shape index (κ3) is 4.63. The second-order valence-electron chi connectivity index (χ2n) is 5.69. The number of rotatable bonds is 4. The van der Waals surface area contributed by atoms with Gasteiger partial charge in [-0.05, 0) is 34.6 Å². The van der Waals surface area contributed by atoms with Gasteiger partial charge in [0.1, 0.15) is 5.54 Å². The van der Waals surface area contributed by atoms with Gasteiger partial charge < -0.3 is 4.74 Å². The van der Waals surface area contributed by atoms with Crippen molar-refractivity contribution in [2.75, 3.05) is 19.6 Å². The zero-order chi connectivity index (χ0) is 13.1. The molecule has 0 spiro atoms. The van der Waals surface area contributed by atoms with Crippen molar-refractivity contribution in [2.45, 2.75) is 58.4 Å². The van der Waals surface area contributed by atoms with E-state index < -0.39 is 5.54 Å². The summed E-state index contributed by atoms with van der Waals surface area (Å²) in [7, 11) is 0. The summed E-state index contributed by atoms with van der Waals surface area (Å²) >= 11 is 0. The molecule has 0 bridgehead atoms. The van der Waals surface area contributed by atoms with Crippen molar-refractivity contribution in [2.24, 2.45) is 0 Å². The molecule has 3 atom stereocenters. The average molecular weight is 239 g/mol. The molecule has 0 aliphatic carbocycles. The quantitative estimate of drug-likeness (QED) is 0.805. The van der Waals surface area contributed by atoms with Crippen molar-refractivity contribution < 1.29 is 4.74 Å². The molecule has 1 N–H and O–H groups in total. The lowest BCUT2D eigenvalue weighted by atomic mass is 10.0. The lowest BCUT2D eigenvalue weighted by Gasteiger charge is -2.39. The van der Waals surface area contributed by atoms with E-state index in [1.807, 2.05) is 6.92 Å². The highest BCUT2D eigenvalue weighted by atomic mass is 16.5. The van der Waals surface area contributed by atoms with Crippen LogP contribution in [0.5, 0.6) is 0 Å². The van der Waals surface area contributed by atoms with Gasteiger partial charge in [0.2, 0.25) is 0 Å². The van der Waals surface area contributed by atoms with Crippen LogP contribution in [0.4, 0.5) is 0 Å². The lowest BCUT2D eigenvalue weighted by Crippen LogP contribution is -2.56. The first-order chi connectivity index (χ1) is 7.84. The van der Waals surface area contributed by atoms with Crippen LogP contribution >= 0.6 is 0 Å². The summed E-state index contributed by atoms with van der Waals surface area (Å²) in [6, 6.07) is 2.71. The Morgan fingerprint density at radius 1 is 1.41 bits per heavy atom. The number of nitriles is 1. The highest BCUT2D eigenvalue weighted by molar-refractivity contribution is 5.06. The van der Waals surface area contributed by atoms with Crippen molar-refractivity contribution in [3.8, 4) is 6.07 Å². The van der Waals surface area contributed by atoms with E-state index in [0.717, 1.165) is 19.6 Å². The molecule has 0 aromatic carbocycles. The minimum atomic E-state index is -0.481. The van der Waals surface area contributed by atoms with Gasteiger partial charge in [0, 0.05) is 25.7 Å². The predicted molar refractivity (Wildman–Crippen MR) is 68.7 cm³/mol. The summed E-state index contributed by atoms with van der Waals surface area (Å²) in [5.74, 6) is 0. The largest absolute Gasteiger partial charge is 0.373 e. The van der Waals surface area contributed by atoms with Gasteiger partial charge >= 0.3 is 0 Å². The van der Waals surface area contributed by atoms with Crippen LogP contribution in [0.15, 0.2) is 0 Å². The molecule has 3 unspecified atom stereocenters. The molecule has 1 saturated heterocycles. The van der Waals surface area contributed by atoms with Crippen molar-refractivity contribution in [1.82, 2.24) is 10.2 Å². The van der Waals surface area contributed by atoms with Gasteiger partial charge in [-0.2, -0.15) is 5.26 Å². The van der Waals surface area contributed by atoms with Crippen molar-refractivity contribution >= 4 is 0 Å². The Kier molecular flexibility index (Phi) is 4.93. The van der Waals surface area contributed by atoms with Crippen molar-refractivity contribution in [1.29, 1.82) is 5.26 Å². The monoisotopic (exact) mass is 239 g/mol. The molecule has 0 saturated carbocycles. The predicted octanol–water partition coefficient (Wildman–Crippen LogP) is 1.38. The number of hydrogen-bond donors (Lipinski definition) is 1. The second kappa shape index (κ2) is 5.81. The summed E-state index contributed by atoms with van der Waals surface area (Å²) in [5.41, 5.74) is -0.481. The molecule has 1 rings (SSSR count). The molecule has 1 aliphatic heterocycles. The maximum absolute atomic E-state index is 9.33. The van der Waals surface area contributed by atoms with Crippen molar-refractivity contribution in [3.63, 3.8) is 0 Å². The van der Waals surface area contributed by atoms with Gasteiger partial charge in [0.05, 0.1) is 18.3 Å². The maximum atomic E-state index is 9.33. The third-order valence-corrected chi connectivity index (χ3v) is 2.89. The minimum absolute atomic E-state index is 0.251. The minimum Gasteiger partial charge on any atom is -0.373 e. The standard InChI is InChI=1S/C13H25N3O/c1-10(2)15-13(5,8-14)9-16-6-11(3)17-12(4)7-16/h10-12,15H,6-7,9H2,1-5H3. The fraction of sp³-hybridized carbons (Fsp3) is 0.923. The Morgan fingerprint density at radius 2 is 1.94 bits per heavy atom. The zero-order valence-corrected chi connectivity index (χ0v) is 11.7. The molecule has 0 amide bonds. The SMILES string of the molecule is CC(C)NC(C)(C#N)CN1CC(C)OC(C)C1. The number of ether oxygens (including phenoxy) is 1. The highest BCUT2D eigenvalue weighted by Gasteiger charge is 2.31. The van der Waals surface area contributed by atoms with Crippen LogP contribution in [-0.2, 0) is 4.74 Å². The van der Waals surface area contributed by atoms with Crippen LogP contribution in [0.3, 0.4) is 0 Å². The van der Waals surface area contributed by atoms with E-state index in [9.17, 15) is 5.26 Å². The van der Waals surface area contributed by atoms with Gasteiger partial charge in [-0.15, -0.1) is 0 Å². The van der Waals surface area contributed by atoms with E-state index in [0.29, 0.717) is 6.04 Å². The summed E-state index contributed by atoms with van der Waals surface area (Å²) in [5, 5.41) is 12.7. The first-order valence-electron chi connectivity index (χ1n) is 6.41. The summed E-state index contributed by atoms with van der Waals surface area (Å²) in [6.07, 6.45) is 0.501. The molecule has 0 radical (unpaired) electrons. The van der Waals surface area contributed by atoms with E-state index in [4.69, 9.17) is 4.74 Å². The molecule has 17 heavy (non-hydrogen) atoms. The maximum Gasteiger partial charge on any atom is 0.116 e. The molecular weight excluding hydrogens is 214 g/mol. The van der Waals surface area contributed by atoms with Gasteiger partial charge in [-0.25, -0.2) is 0 Å². The fourth-order valence-electron chi connectivity index (χ4n) is 2.61. The number of morpholine rings is 1. The Labute approximate surface area is 105 Å². The highest BCUT2D eigenvalue weighted by Crippen LogP contribution is 2.14. The van der Waals surface area contributed by atoms with E-state index in [2.05, 4.69) is 44.0 Å². The molecule has 1 aliphatic rings. The van der Waals surface area contributed by atoms with Crippen LogP contribution in [0.1, 0.15) is 34.6 Å². The van der Waals surface area contributed by atoms with Crippen LogP contribution in [0.2, 0.25) is 0 Å². The number of hydrogen-bond acceptors (Lipinski definition) is 4. The normalized spacial score (nSPS) is 29.9. The Balaban J connectivity index is 2.59. The van der Waals surface area contributed by atoms with E-state index in [1.54, 1.807) is 0 Å². The Bertz CT molecular complexity index is 277. The van der Waals surface area contributed by atoms with Gasteiger partial charge in [-0.3, -0.25) is 10.2 Å². The van der Waals surface area contributed by atoms with Gasteiger partial charge in [0.25, 0.3) is 0 Å². The fourth-order valence-corrected chi connectivity index (χ4v) is 2.61. The molecule has 4 heteroatoms. The summed E-state index contributed by atoms with van der Waals surface area (Å²) in [6.45, 7) is 12.8. The molecular formula is C13H25N3O. The van der Waals surface area contributed by atoms with Crippen molar-refractivity contribution in [3.05, 3.63) is 0 Å². The Morgan fingerprint density at radius 3 is 2.35 bits per heavy atom. The molecule has 4 nitrogen and oxygen atoms in total. The Hall–Kier alpha value is -0.630. The first-order valence-corrected chi connectivity index (χ1v) is 6.41. The van der Waals surface area contributed by atoms with E-state index in [-0.39, 0.29) is 12.2 Å². The van der Waals surface area contributed by atoms with E-state index >= 15 is 0 Å². The number of nitrogens with one attached hydrogen (secondary N) is 1. The van der Waals surface area contributed by atoms with Crippen LogP contribution in [-0.4, -0.2) is 48.3 Å². The van der Waals surface area contributed by atoms with Gasteiger partial charge in [-0.1, -0.05) is 0 Å². The molecule has 98 valence electrons.